The molecule has 0 aliphatic heterocycles. The van der Waals surface area contributed by atoms with E-state index in [0.717, 1.165) is 56.9 Å². The largest absolute Gasteiger partial charge is 0.385 e. The Bertz CT molecular complexity index is 1910. The third-order valence-electron chi connectivity index (χ3n) is 7.26. The zero-order valence-electron chi connectivity index (χ0n) is 27.0. The molecule has 1 aliphatic rings. The van der Waals surface area contributed by atoms with Gasteiger partial charge >= 0.3 is 0 Å². The molecule has 260 valence electrons. The molecule has 5 rings (SSSR count). The first-order valence-corrected chi connectivity index (χ1v) is 19.0. The smallest absolute Gasteiger partial charge is 0.264 e. The standard InChI is InChI=1S/C36H38N6O6S2/c43-49(44,45)25-1-23-37-27-3-7-29(8-4-27)39-31-11-15-33(16-12-31)41-35-19-21-36(22-20-35)42-34-17-13-32(14-18-34)40-30-9-5-28(6-10-30)38-24-2-26-50(46,47)48/h3-22,37-40H,1-2,23-26H2,(H,43,44,45)(H,46,47,48). The zero-order valence-corrected chi connectivity index (χ0v) is 28.7. The maximum Gasteiger partial charge on any atom is 0.264 e. The Labute approximate surface area is 292 Å². The Balaban J connectivity index is 1.07. The quantitative estimate of drug-likeness (QED) is 0.0386. The number of hydrogen-bond acceptors (Lipinski definition) is 10. The van der Waals surface area contributed by atoms with Gasteiger partial charge in [-0.2, -0.15) is 16.8 Å². The molecule has 12 nitrogen and oxygen atoms in total. The average Bonchev–Trinajstić information content (AvgIpc) is 3.08. The summed E-state index contributed by atoms with van der Waals surface area (Å²) in [4.78, 5) is 9.42. The molecule has 0 saturated heterocycles. The summed E-state index contributed by atoms with van der Waals surface area (Å²) in [5, 5.41) is 13.0. The predicted octanol–water partition coefficient (Wildman–Crippen LogP) is 7.52. The number of nitrogens with one attached hydrogen (secondary N) is 4. The topological polar surface area (TPSA) is 182 Å². The Kier molecular flexibility index (Phi) is 12.2. The predicted molar refractivity (Wildman–Crippen MR) is 204 cm³/mol. The molecule has 0 fully saturated rings. The van der Waals surface area contributed by atoms with Crippen molar-refractivity contribution in [3.63, 3.8) is 0 Å². The summed E-state index contributed by atoms with van der Waals surface area (Å²) in [6.45, 7) is 0.879. The molecular weight excluding hydrogens is 677 g/mol. The van der Waals surface area contributed by atoms with Crippen LogP contribution in [0.25, 0.3) is 0 Å². The highest BCUT2D eigenvalue weighted by molar-refractivity contribution is 7.86. The van der Waals surface area contributed by atoms with E-state index in [4.69, 9.17) is 19.1 Å². The summed E-state index contributed by atoms with van der Waals surface area (Å²) in [6, 6.07) is 30.8. The van der Waals surface area contributed by atoms with Crippen LogP contribution in [0.2, 0.25) is 0 Å². The molecule has 50 heavy (non-hydrogen) atoms. The van der Waals surface area contributed by atoms with E-state index in [9.17, 15) is 16.8 Å². The van der Waals surface area contributed by atoms with Crippen LogP contribution in [0.4, 0.5) is 45.5 Å². The Morgan fingerprint density at radius 3 is 1.02 bits per heavy atom. The lowest BCUT2D eigenvalue weighted by molar-refractivity contribution is 0.479. The van der Waals surface area contributed by atoms with Gasteiger partial charge in [0.2, 0.25) is 0 Å². The zero-order chi connectivity index (χ0) is 35.4. The lowest BCUT2D eigenvalue weighted by Gasteiger charge is -2.10. The molecule has 0 radical (unpaired) electrons. The van der Waals surface area contributed by atoms with Crippen molar-refractivity contribution >= 4 is 77.2 Å². The van der Waals surface area contributed by atoms with Gasteiger partial charge in [0.05, 0.1) is 34.3 Å². The minimum atomic E-state index is -3.94. The molecular formula is C36H38N6O6S2. The highest BCUT2D eigenvalue weighted by Gasteiger charge is 2.06. The number of anilines is 6. The van der Waals surface area contributed by atoms with Crippen LogP contribution in [0.5, 0.6) is 0 Å². The van der Waals surface area contributed by atoms with E-state index in [0.29, 0.717) is 25.9 Å². The number of aliphatic imine (C=N–C) groups is 2. The van der Waals surface area contributed by atoms with Crippen molar-refractivity contribution < 1.29 is 25.9 Å². The lowest BCUT2D eigenvalue weighted by Crippen LogP contribution is -2.10. The second-order valence-corrected chi connectivity index (χ2v) is 14.5. The Morgan fingerprint density at radius 2 is 0.720 bits per heavy atom. The van der Waals surface area contributed by atoms with Crippen LogP contribution in [0.15, 0.2) is 131 Å². The monoisotopic (exact) mass is 714 g/mol. The highest BCUT2D eigenvalue weighted by atomic mass is 32.2. The van der Waals surface area contributed by atoms with Crippen LogP contribution in [0, 0.1) is 0 Å². The number of hydrogen-bond donors (Lipinski definition) is 6. The second kappa shape index (κ2) is 16.9. The molecule has 14 heteroatoms. The van der Waals surface area contributed by atoms with Gasteiger partial charge in [-0.1, -0.05) is 0 Å². The molecule has 0 amide bonds. The first-order chi connectivity index (χ1) is 24.0. The van der Waals surface area contributed by atoms with Crippen molar-refractivity contribution in [2.75, 3.05) is 45.9 Å². The molecule has 1 aliphatic carbocycles. The van der Waals surface area contributed by atoms with Gasteiger partial charge in [-0.05, 0) is 134 Å². The Morgan fingerprint density at radius 1 is 0.440 bits per heavy atom. The normalized spacial score (nSPS) is 12.8. The molecule has 4 aromatic carbocycles. The van der Waals surface area contributed by atoms with Crippen molar-refractivity contribution in [2.45, 2.75) is 12.8 Å². The van der Waals surface area contributed by atoms with E-state index in [-0.39, 0.29) is 11.5 Å². The maximum absolute atomic E-state index is 10.8. The number of allylic oxidation sites excluding steroid dienone is 4. The summed E-state index contributed by atoms with van der Waals surface area (Å²) in [6.07, 6.45) is 8.33. The minimum absolute atomic E-state index is 0.271. The summed E-state index contributed by atoms with van der Waals surface area (Å²) < 4.78 is 60.9. The van der Waals surface area contributed by atoms with Crippen molar-refractivity contribution in [3.05, 3.63) is 121 Å². The van der Waals surface area contributed by atoms with E-state index in [1.807, 2.05) is 121 Å². The number of rotatable bonds is 16. The third kappa shape index (κ3) is 12.6. The molecule has 0 spiro atoms. The molecule has 0 atom stereocenters. The lowest BCUT2D eigenvalue weighted by atomic mass is 10.1. The van der Waals surface area contributed by atoms with Crippen molar-refractivity contribution in [1.82, 2.24) is 0 Å². The van der Waals surface area contributed by atoms with Crippen LogP contribution in [-0.4, -0.2) is 62.0 Å². The van der Waals surface area contributed by atoms with Gasteiger partial charge in [0, 0.05) is 47.2 Å². The van der Waals surface area contributed by atoms with Crippen molar-refractivity contribution in [3.8, 4) is 0 Å². The summed E-state index contributed by atoms with van der Waals surface area (Å²) >= 11 is 0. The molecule has 4 aromatic rings. The average molecular weight is 715 g/mol. The Hall–Kier alpha value is -5.28. The van der Waals surface area contributed by atoms with E-state index < -0.39 is 20.2 Å². The first-order valence-electron chi connectivity index (χ1n) is 15.8. The van der Waals surface area contributed by atoms with Gasteiger partial charge in [0.1, 0.15) is 0 Å². The van der Waals surface area contributed by atoms with Crippen LogP contribution in [0.1, 0.15) is 12.8 Å². The van der Waals surface area contributed by atoms with Gasteiger partial charge in [-0.3, -0.25) is 9.11 Å². The molecule has 0 saturated carbocycles. The molecule has 6 N–H and O–H groups in total. The second-order valence-electron chi connectivity index (χ2n) is 11.4. The van der Waals surface area contributed by atoms with Crippen molar-refractivity contribution in [1.29, 1.82) is 0 Å². The van der Waals surface area contributed by atoms with E-state index in [1.165, 1.54) is 0 Å². The fourth-order valence-corrected chi connectivity index (χ4v) is 5.81. The van der Waals surface area contributed by atoms with Gasteiger partial charge in [0.15, 0.2) is 0 Å². The van der Waals surface area contributed by atoms with Gasteiger partial charge in [0.25, 0.3) is 20.2 Å². The van der Waals surface area contributed by atoms with Gasteiger partial charge in [-0.15, -0.1) is 0 Å². The molecule has 0 aromatic heterocycles. The van der Waals surface area contributed by atoms with Crippen molar-refractivity contribution in [2.24, 2.45) is 9.98 Å². The summed E-state index contributed by atoms with van der Waals surface area (Å²) in [7, 11) is -7.88. The van der Waals surface area contributed by atoms with Crippen LogP contribution < -0.4 is 21.3 Å². The van der Waals surface area contributed by atoms with Crippen LogP contribution in [0.3, 0.4) is 0 Å². The third-order valence-corrected chi connectivity index (χ3v) is 8.87. The van der Waals surface area contributed by atoms with E-state index in [1.54, 1.807) is 0 Å². The molecule has 0 bridgehead atoms. The maximum atomic E-state index is 10.8. The molecule has 0 unspecified atom stereocenters. The minimum Gasteiger partial charge on any atom is -0.385 e. The highest BCUT2D eigenvalue weighted by Crippen LogP contribution is 2.24. The van der Waals surface area contributed by atoms with Crippen LogP contribution >= 0.6 is 0 Å². The van der Waals surface area contributed by atoms with E-state index >= 15 is 0 Å². The van der Waals surface area contributed by atoms with Crippen LogP contribution in [-0.2, 0) is 20.2 Å². The fourth-order valence-electron chi connectivity index (χ4n) is 4.79. The molecule has 0 heterocycles. The first kappa shape index (κ1) is 36.0. The number of benzene rings is 4. The number of nitrogens with zero attached hydrogens (tertiary/aromatic N) is 2. The summed E-state index contributed by atoms with van der Waals surface area (Å²) in [5.74, 6) is -0.542. The van der Waals surface area contributed by atoms with Gasteiger partial charge in [-0.25, -0.2) is 9.98 Å². The summed E-state index contributed by atoms with van der Waals surface area (Å²) in [5.41, 5.74) is 8.58. The SMILES string of the molecule is O=S(=O)(O)CCCNc1ccc(Nc2ccc(N=C3C=CC(=Nc4ccc(Nc5ccc(NCCCS(=O)(=O)O)cc5)cc4)C=C3)cc2)cc1. The fraction of sp³-hybridized carbons (Fsp3) is 0.167. The van der Waals surface area contributed by atoms with E-state index in [2.05, 4.69) is 21.3 Å². The van der Waals surface area contributed by atoms with Gasteiger partial charge < -0.3 is 21.3 Å².